The summed E-state index contributed by atoms with van der Waals surface area (Å²) in [4.78, 5) is 30.9. The largest absolute Gasteiger partial charge is 0.490 e. The zero-order valence-electron chi connectivity index (χ0n) is 26.9. The molecule has 1 N–H and O–H groups in total. The number of ketones is 1. The molecule has 0 aromatic heterocycles. The van der Waals surface area contributed by atoms with Crippen molar-refractivity contribution in [3.8, 4) is 11.5 Å². The quantitative estimate of drug-likeness (QED) is 0.176. The van der Waals surface area contributed by atoms with Gasteiger partial charge in [-0.1, -0.05) is 83.9 Å². The molecule has 2 atom stereocenters. The minimum Gasteiger partial charge on any atom is -0.490 e. The van der Waals surface area contributed by atoms with Crippen LogP contribution in [-0.2, 0) is 11.4 Å². The standard InChI is InChI=1S/C41H34Cl2N2O4/c1-2-48-38-24-29(16-21-37(38)49-25-26-12-17-31(42)18-13-26)40-39-34(22-30(23-36(39)46)27-14-19-32(43)20-15-27)44-33-10-6-7-11-35(33)45(40)41(47)28-8-4-3-5-9-28/h3-21,24,30,40,44H,2,22-23,25H2,1H3/t30-,40-/m1/s1. The molecule has 0 unspecified atom stereocenters. The summed E-state index contributed by atoms with van der Waals surface area (Å²) in [5, 5.41) is 4.91. The molecule has 1 aliphatic carbocycles. The lowest BCUT2D eigenvalue weighted by Crippen LogP contribution is -2.38. The first-order valence-electron chi connectivity index (χ1n) is 16.3. The Morgan fingerprint density at radius 2 is 1.45 bits per heavy atom. The zero-order chi connectivity index (χ0) is 33.9. The van der Waals surface area contributed by atoms with Crippen LogP contribution in [0.5, 0.6) is 11.5 Å². The molecule has 1 amide bonds. The van der Waals surface area contributed by atoms with Crippen molar-refractivity contribution in [2.24, 2.45) is 0 Å². The molecule has 0 spiro atoms. The maximum absolute atomic E-state index is 14.6. The summed E-state index contributed by atoms with van der Waals surface area (Å²) < 4.78 is 12.4. The summed E-state index contributed by atoms with van der Waals surface area (Å²) in [5.41, 5.74) is 6.02. The zero-order valence-corrected chi connectivity index (χ0v) is 28.4. The second-order valence-corrected chi connectivity index (χ2v) is 13.0. The molecule has 0 fully saturated rings. The molecule has 2 aliphatic rings. The fourth-order valence-electron chi connectivity index (χ4n) is 6.64. The lowest BCUT2D eigenvalue weighted by Gasteiger charge is -2.35. The number of para-hydroxylation sites is 2. The number of hydrogen-bond acceptors (Lipinski definition) is 5. The van der Waals surface area contributed by atoms with Crippen molar-refractivity contribution in [3.05, 3.63) is 165 Å². The van der Waals surface area contributed by atoms with Crippen molar-refractivity contribution in [3.63, 3.8) is 0 Å². The molecule has 0 bridgehead atoms. The lowest BCUT2D eigenvalue weighted by atomic mass is 9.78. The van der Waals surface area contributed by atoms with Crippen LogP contribution >= 0.6 is 23.2 Å². The molecule has 5 aromatic carbocycles. The van der Waals surface area contributed by atoms with Gasteiger partial charge in [0, 0.05) is 33.3 Å². The molecule has 246 valence electrons. The molecule has 49 heavy (non-hydrogen) atoms. The number of halogens is 2. The highest BCUT2D eigenvalue weighted by molar-refractivity contribution is 6.30. The van der Waals surface area contributed by atoms with E-state index in [1.807, 2.05) is 116 Å². The summed E-state index contributed by atoms with van der Waals surface area (Å²) in [6.45, 7) is 2.63. The molecule has 8 heteroatoms. The van der Waals surface area contributed by atoms with Crippen molar-refractivity contribution < 1.29 is 19.1 Å². The van der Waals surface area contributed by atoms with Gasteiger partial charge in [0.1, 0.15) is 6.61 Å². The highest BCUT2D eigenvalue weighted by atomic mass is 35.5. The number of rotatable bonds is 8. The van der Waals surface area contributed by atoms with E-state index in [0.717, 1.165) is 28.1 Å². The lowest BCUT2D eigenvalue weighted by molar-refractivity contribution is -0.116. The summed E-state index contributed by atoms with van der Waals surface area (Å²) in [6.07, 6.45) is 0.879. The van der Waals surface area contributed by atoms with Crippen LogP contribution in [0.3, 0.4) is 0 Å². The molecular weight excluding hydrogens is 655 g/mol. The molecule has 0 radical (unpaired) electrons. The van der Waals surface area contributed by atoms with Crippen LogP contribution in [0.2, 0.25) is 10.0 Å². The molecule has 0 saturated heterocycles. The Morgan fingerprint density at radius 3 is 2.18 bits per heavy atom. The number of anilines is 2. The second kappa shape index (κ2) is 14.2. The van der Waals surface area contributed by atoms with E-state index in [4.69, 9.17) is 32.7 Å². The minimum absolute atomic E-state index is 0.0293. The molecule has 7 rings (SSSR count). The van der Waals surface area contributed by atoms with Crippen molar-refractivity contribution in [2.45, 2.75) is 38.3 Å². The predicted octanol–water partition coefficient (Wildman–Crippen LogP) is 10.2. The van der Waals surface area contributed by atoms with Crippen molar-refractivity contribution in [1.29, 1.82) is 0 Å². The van der Waals surface area contributed by atoms with Gasteiger partial charge in [-0.25, -0.2) is 0 Å². The number of fused-ring (bicyclic) bond motifs is 1. The van der Waals surface area contributed by atoms with Crippen LogP contribution in [-0.4, -0.2) is 18.3 Å². The number of allylic oxidation sites excluding steroid dienone is 1. The first kappa shape index (κ1) is 32.5. The van der Waals surface area contributed by atoms with Crippen LogP contribution in [0.15, 0.2) is 133 Å². The van der Waals surface area contributed by atoms with E-state index in [0.29, 0.717) is 64.4 Å². The third kappa shape index (κ3) is 6.80. The number of ether oxygens (including phenoxy) is 2. The van der Waals surface area contributed by atoms with E-state index < -0.39 is 6.04 Å². The number of amides is 1. The Kier molecular flexibility index (Phi) is 9.43. The van der Waals surface area contributed by atoms with Crippen molar-refractivity contribution in [1.82, 2.24) is 0 Å². The number of carbonyl (C=O) groups is 2. The van der Waals surface area contributed by atoms with Crippen LogP contribution < -0.4 is 19.7 Å². The van der Waals surface area contributed by atoms with Crippen LogP contribution in [0.1, 0.15) is 58.8 Å². The second-order valence-electron chi connectivity index (χ2n) is 12.1. The summed E-state index contributed by atoms with van der Waals surface area (Å²) >= 11 is 12.3. The van der Waals surface area contributed by atoms with E-state index in [9.17, 15) is 9.59 Å². The number of nitrogens with one attached hydrogen (secondary N) is 1. The number of nitrogens with zero attached hydrogens (tertiary/aromatic N) is 1. The van der Waals surface area contributed by atoms with Gasteiger partial charge in [-0.3, -0.25) is 14.5 Å². The van der Waals surface area contributed by atoms with Gasteiger partial charge in [0.05, 0.1) is 24.0 Å². The average Bonchev–Trinajstić information content (AvgIpc) is 3.27. The van der Waals surface area contributed by atoms with Crippen molar-refractivity contribution >= 4 is 46.3 Å². The first-order valence-corrected chi connectivity index (χ1v) is 17.1. The Hall–Kier alpha value is -5.04. The summed E-state index contributed by atoms with van der Waals surface area (Å²) in [6, 6.07) is 37.0. The SMILES string of the molecule is CCOc1cc([C@@H]2C3=C(C[C@@H](c4ccc(Cl)cc4)CC3=O)Nc3ccccc3N2C(=O)c2ccccc2)ccc1OCc1ccc(Cl)cc1. The molecular formula is C41H34Cl2N2O4. The third-order valence-corrected chi connectivity index (χ3v) is 9.46. The fourth-order valence-corrected chi connectivity index (χ4v) is 6.90. The van der Waals surface area contributed by atoms with Gasteiger partial charge in [-0.15, -0.1) is 0 Å². The summed E-state index contributed by atoms with van der Waals surface area (Å²) in [7, 11) is 0. The predicted molar refractivity (Wildman–Crippen MR) is 195 cm³/mol. The number of Topliss-reactive ketones (excluding diaryl/α,β-unsaturated/α-hetero) is 1. The fraction of sp³-hybridized carbons (Fsp3) is 0.171. The Morgan fingerprint density at radius 1 is 0.776 bits per heavy atom. The maximum Gasteiger partial charge on any atom is 0.259 e. The number of hydrogen-bond donors (Lipinski definition) is 1. The van der Waals surface area contributed by atoms with E-state index in [1.54, 1.807) is 17.0 Å². The minimum atomic E-state index is -0.748. The number of carbonyl (C=O) groups excluding carboxylic acids is 2. The van der Waals surface area contributed by atoms with E-state index in [-0.39, 0.29) is 17.6 Å². The van der Waals surface area contributed by atoms with Gasteiger partial charge in [0.2, 0.25) is 0 Å². The Balaban J connectivity index is 1.37. The van der Waals surface area contributed by atoms with E-state index >= 15 is 0 Å². The van der Waals surface area contributed by atoms with Crippen LogP contribution in [0.25, 0.3) is 0 Å². The smallest absolute Gasteiger partial charge is 0.259 e. The first-order chi connectivity index (χ1) is 23.9. The Bertz CT molecular complexity index is 2030. The monoisotopic (exact) mass is 688 g/mol. The van der Waals surface area contributed by atoms with Gasteiger partial charge in [0.25, 0.3) is 5.91 Å². The third-order valence-electron chi connectivity index (χ3n) is 8.96. The van der Waals surface area contributed by atoms with E-state index in [1.165, 1.54) is 0 Å². The van der Waals surface area contributed by atoms with Crippen molar-refractivity contribution in [2.75, 3.05) is 16.8 Å². The van der Waals surface area contributed by atoms with Gasteiger partial charge in [-0.2, -0.15) is 0 Å². The van der Waals surface area contributed by atoms with Gasteiger partial charge in [-0.05, 0) is 96.6 Å². The molecule has 1 aliphatic heterocycles. The van der Waals surface area contributed by atoms with E-state index in [2.05, 4.69) is 5.32 Å². The van der Waals surface area contributed by atoms with Gasteiger partial charge in [0.15, 0.2) is 17.3 Å². The highest BCUT2D eigenvalue weighted by Crippen LogP contribution is 2.49. The maximum atomic E-state index is 14.6. The molecule has 5 aromatic rings. The summed E-state index contributed by atoms with van der Waals surface area (Å²) in [5.74, 6) is 0.778. The molecule has 1 heterocycles. The number of benzene rings is 5. The molecule has 0 saturated carbocycles. The van der Waals surface area contributed by atoms with Gasteiger partial charge >= 0.3 is 0 Å². The van der Waals surface area contributed by atoms with Gasteiger partial charge < -0.3 is 14.8 Å². The normalized spacial score (nSPS) is 17.0. The average molecular weight is 690 g/mol. The topological polar surface area (TPSA) is 67.9 Å². The van der Waals surface area contributed by atoms with Crippen LogP contribution in [0.4, 0.5) is 11.4 Å². The molecule has 6 nitrogen and oxygen atoms in total. The Labute approximate surface area is 295 Å². The highest BCUT2D eigenvalue weighted by Gasteiger charge is 2.42. The van der Waals surface area contributed by atoms with Crippen LogP contribution in [0, 0.1) is 0 Å².